The summed E-state index contributed by atoms with van der Waals surface area (Å²) in [5.41, 5.74) is 0. The Morgan fingerprint density at radius 1 is 0.886 bits per heavy atom. The van der Waals surface area contributed by atoms with Gasteiger partial charge in [-0.3, -0.25) is 4.79 Å². The van der Waals surface area contributed by atoms with Crippen LogP contribution in [0.25, 0.3) is 0 Å². The van der Waals surface area contributed by atoms with Gasteiger partial charge in [0.2, 0.25) is 0 Å². The van der Waals surface area contributed by atoms with Gasteiger partial charge in [-0.2, -0.15) is 17.6 Å². The summed E-state index contributed by atoms with van der Waals surface area (Å²) in [6.07, 6.45) is -2.30. The minimum Gasteiger partial charge on any atom is -0.743 e. The fourth-order valence-electron chi connectivity index (χ4n) is 4.98. The first-order valence-electron chi connectivity index (χ1n) is 13.9. The molecule has 0 amide bonds. The molecule has 0 bridgehead atoms. The Morgan fingerprint density at radius 2 is 1.32 bits per heavy atom. The molecule has 3 aromatic carbocycles. The van der Waals surface area contributed by atoms with E-state index in [-0.39, 0.29) is 43.2 Å². The van der Waals surface area contributed by atoms with Crippen LogP contribution in [0.15, 0.2) is 106 Å². The number of benzene rings is 3. The van der Waals surface area contributed by atoms with E-state index < -0.39 is 51.7 Å². The van der Waals surface area contributed by atoms with Gasteiger partial charge < -0.3 is 18.8 Å². The van der Waals surface area contributed by atoms with Gasteiger partial charge >= 0.3 is 17.1 Å². The van der Waals surface area contributed by atoms with E-state index in [1.165, 1.54) is 14.7 Å². The lowest BCUT2D eigenvalue weighted by Crippen LogP contribution is -2.55. The molecule has 0 radical (unpaired) electrons. The first kappa shape index (κ1) is 33.9. The van der Waals surface area contributed by atoms with Gasteiger partial charge in [0.05, 0.1) is 30.0 Å². The second kappa shape index (κ2) is 14.0. The Balaban J connectivity index is 0.000000208. The average molecular weight is 657 g/mol. The molecule has 1 saturated heterocycles. The van der Waals surface area contributed by atoms with Crippen molar-refractivity contribution in [1.29, 1.82) is 0 Å². The van der Waals surface area contributed by atoms with E-state index in [9.17, 15) is 35.3 Å². The van der Waals surface area contributed by atoms with Gasteiger partial charge in [0.1, 0.15) is 0 Å². The minimum atomic E-state index is -6.60. The Hall–Kier alpha value is -2.97. The summed E-state index contributed by atoms with van der Waals surface area (Å²) in [6.45, 7) is 0.811. The lowest BCUT2D eigenvalue weighted by molar-refractivity contribution is -0.253. The Kier molecular flexibility index (Phi) is 10.8. The predicted octanol–water partition coefficient (Wildman–Crippen LogP) is 6.41. The van der Waals surface area contributed by atoms with Crippen LogP contribution in [0.4, 0.5) is 17.6 Å². The number of hydrogen-bond acceptors (Lipinski definition) is 7. The van der Waals surface area contributed by atoms with Crippen LogP contribution in [-0.2, 0) is 40.0 Å². The van der Waals surface area contributed by atoms with Crippen molar-refractivity contribution in [2.24, 2.45) is 5.92 Å². The van der Waals surface area contributed by atoms with Crippen molar-refractivity contribution in [2.75, 3.05) is 13.2 Å². The summed E-state index contributed by atoms with van der Waals surface area (Å²) in [5.74, 6) is -7.81. The molecule has 238 valence electrons. The second-order valence-electron chi connectivity index (χ2n) is 10.2. The summed E-state index contributed by atoms with van der Waals surface area (Å²) >= 11 is 0. The molecule has 7 nitrogen and oxygen atoms in total. The average Bonchev–Trinajstić information content (AvgIpc) is 3.43. The van der Waals surface area contributed by atoms with Crippen LogP contribution >= 0.6 is 0 Å². The lowest BCUT2D eigenvalue weighted by atomic mass is 9.85. The van der Waals surface area contributed by atoms with Gasteiger partial charge in [0.25, 0.3) is 0 Å². The van der Waals surface area contributed by atoms with E-state index >= 15 is 0 Å². The van der Waals surface area contributed by atoms with Crippen LogP contribution in [-0.4, -0.2) is 55.2 Å². The smallest absolute Gasteiger partial charge is 0.399 e. The monoisotopic (exact) mass is 656 g/mol. The molecule has 2 fully saturated rings. The quantitative estimate of drug-likeness (QED) is 0.120. The van der Waals surface area contributed by atoms with Crippen molar-refractivity contribution in [3.05, 3.63) is 91.0 Å². The number of rotatable bonds is 8. The van der Waals surface area contributed by atoms with Crippen molar-refractivity contribution in [2.45, 2.75) is 70.4 Å². The number of alkyl halides is 4. The van der Waals surface area contributed by atoms with Crippen LogP contribution in [0, 0.1) is 5.92 Å². The normalized spacial score (nSPS) is 22.3. The zero-order valence-corrected chi connectivity index (χ0v) is 25.4. The molecule has 2 aliphatic rings. The van der Waals surface area contributed by atoms with Crippen molar-refractivity contribution in [1.82, 2.24) is 0 Å². The Labute approximate surface area is 256 Å². The highest BCUT2D eigenvalue weighted by Gasteiger charge is 2.69. The third-order valence-corrected chi connectivity index (χ3v) is 10.4. The summed E-state index contributed by atoms with van der Waals surface area (Å²) in [7, 11) is -6.61. The van der Waals surface area contributed by atoms with Crippen LogP contribution in [0.5, 0.6) is 0 Å². The zero-order chi connectivity index (χ0) is 32.0. The van der Waals surface area contributed by atoms with E-state index in [0.29, 0.717) is 0 Å². The van der Waals surface area contributed by atoms with E-state index in [2.05, 4.69) is 91.0 Å². The second-order valence-corrected chi connectivity index (χ2v) is 13.6. The number of ether oxygens (including phenoxy) is 3. The van der Waals surface area contributed by atoms with Crippen LogP contribution < -0.4 is 0 Å². The van der Waals surface area contributed by atoms with Gasteiger partial charge in [-0.05, 0) is 56.2 Å². The first-order chi connectivity index (χ1) is 20.8. The van der Waals surface area contributed by atoms with E-state index in [4.69, 9.17) is 14.2 Å². The van der Waals surface area contributed by atoms with Gasteiger partial charge in [-0.25, -0.2) is 8.42 Å². The first-order valence-corrected chi connectivity index (χ1v) is 16.5. The highest BCUT2D eigenvalue weighted by Crippen LogP contribution is 2.48. The highest BCUT2D eigenvalue weighted by molar-refractivity contribution is 7.97. The van der Waals surface area contributed by atoms with Crippen molar-refractivity contribution in [3.8, 4) is 0 Å². The van der Waals surface area contributed by atoms with E-state index in [1.807, 2.05) is 0 Å². The standard InChI is InChI=1S/C18H15S.C13H18F4O7S/c1-4-10-16(11-5-1)19(17-12-6-2-7-13-17)18-14-8-3-9-15-18;1-2-22-10(18)8-3-5-11(6-4-8)23-7-9(24-11)12(14,15)13(16,17)25(19,20)21/h1-15H;8-9H,2-7H2,1H3,(H,19,20,21)/q+1;/p-1. The molecule has 1 unspecified atom stereocenters. The summed E-state index contributed by atoms with van der Waals surface area (Å²) in [5, 5.41) is -5.83. The molecule has 5 rings (SSSR count). The topological polar surface area (TPSA) is 102 Å². The SMILES string of the molecule is CCOC(=O)C1CCC2(CC1)OCC(C(F)(F)C(F)(F)S(=O)(=O)[O-])O2.c1ccc([S+](c2ccccc2)c2ccccc2)cc1. The molecule has 1 saturated carbocycles. The fourth-order valence-corrected chi connectivity index (χ4v) is 7.55. The largest absolute Gasteiger partial charge is 0.743 e. The maximum Gasteiger partial charge on any atom is 0.399 e. The number of hydrogen-bond donors (Lipinski definition) is 0. The maximum absolute atomic E-state index is 13.8. The summed E-state index contributed by atoms with van der Waals surface area (Å²) in [4.78, 5) is 15.7. The van der Waals surface area contributed by atoms with Gasteiger partial charge in [-0.15, -0.1) is 0 Å². The van der Waals surface area contributed by atoms with Crippen LogP contribution in [0.1, 0.15) is 32.6 Å². The molecule has 44 heavy (non-hydrogen) atoms. The molecule has 1 aliphatic carbocycles. The third-order valence-electron chi connectivity index (χ3n) is 7.27. The molecular formula is C31H32F4O7S2. The molecule has 13 heteroatoms. The molecule has 1 aliphatic heterocycles. The predicted molar refractivity (Wildman–Crippen MR) is 153 cm³/mol. The van der Waals surface area contributed by atoms with Crippen molar-refractivity contribution >= 4 is 27.0 Å². The summed E-state index contributed by atoms with van der Waals surface area (Å²) < 4.78 is 101. The minimum absolute atomic E-state index is 0.0146. The van der Waals surface area contributed by atoms with Crippen molar-refractivity contribution in [3.63, 3.8) is 0 Å². The van der Waals surface area contributed by atoms with Crippen LogP contribution in [0.3, 0.4) is 0 Å². The molecule has 3 aromatic rings. The lowest BCUT2D eigenvalue weighted by Gasteiger charge is -2.36. The molecule has 0 aromatic heterocycles. The highest BCUT2D eigenvalue weighted by atomic mass is 32.2. The number of carbonyl (C=O) groups excluding carboxylic acids is 1. The third kappa shape index (κ3) is 7.45. The molecule has 1 heterocycles. The zero-order valence-electron chi connectivity index (χ0n) is 23.7. The Bertz CT molecular complexity index is 1370. The van der Waals surface area contributed by atoms with Gasteiger partial charge in [0, 0.05) is 12.8 Å². The summed E-state index contributed by atoms with van der Waals surface area (Å²) in [6, 6.07) is 32.2. The maximum atomic E-state index is 13.8. The number of esters is 1. The number of halogens is 4. The number of carbonyl (C=O) groups is 1. The Morgan fingerprint density at radius 3 is 1.70 bits per heavy atom. The molecule has 1 spiro atoms. The molecule has 0 N–H and O–H groups in total. The van der Waals surface area contributed by atoms with Crippen molar-refractivity contribution < 1.29 is 49.5 Å². The molecule has 1 atom stereocenters. The van der Waals surface area contributed by atoms with E-state index in [1.54, 1.807) is 6.92 Å². The van der Waals surface area contributed by atoms with Gasteiger partial charge in [0.15, 0.2) is 36.7 Å². The fraction of sp³-hybridized carbons (Fsp3) is 0.387. The van der Waals surface area contributed by atoms with Crippen LogP contribution in [0.2, 0.25) is 0 Å². The van der Waals surface area contributed by atoms with E-state index in [0.717, 1.165) is 0 Å². The van der Waals surface area contributed by atoms with Gasteiger partial charge in [-0.1, -0.05) is 54.6 Å². The molecular weight excluding hydrogens is 624 g/mol.